The maximum atomic E-state index is 11.2. The molecule has 0 aliphatic heterocycles. The second kappa shape index (κ2) is 6.18. The largest absolute Gasteiger partial charge is 0.480 e. The number of hydrogen-bond donors (Lipinski definition) is 2. The van der Waals surface area contributed by atoms with Crippen LogP contribution in [0.3, 0.4) is 0 Å². The normalized spacial score (nSPS) is 24.6. The highest BCUT2D eigenvalue weighted by Crippen LogP contribution is 2.44. The highest BCUT2D eigenvalue weighted by molar-refractivity contribution is 5.75. The van der Waals surface area contributed by atoms with Gasteiger partial charge in [0.25, 0.3) is 0 Å². The van der Waals surface area contributed by atoms with E-state index in [1.807, 2.05) is 18.2 Å². The molecule has 3 heteroatoms. The topological polar surface area (TPSA) is 63.3 Å². The number of carbonyl (C=O) groups is 1. The van der Waals surface area contributed by atoms with Crippen molar-refractivity contribution in [2.75, 3.05) is 0 Å². The van der Waals surface area contributed by atoms with Crippen LogP contribution in [0.5, 0.6) is 0 Å². The standard InChI is InChI=1S/C18H27NO2/c1-18(2,3)13-10-8-12(9-11-13)14-6-4-5-7-15(14)16(19)17(20)21/h4-7,12-13,16H,8-11,19H2,1-3H3,(H,20,21). The smallest absolute Gasteiger partial charge is 0.325 e. The maximum absolute atomic E-state index is 11.2. The fraction of sp³-hybridized carbons (Fsp3) is 0.611. The maximum Gasteiger partial charge on any atom is 0.325 e. The van der Waals surface area contributed by atoms with Crippen LogP contribution in [0.15, 0.2) is 24.3 Å². The van der Waals surface area contributed by atoms with E-state index in [2.05, 4.69) is 26.8 Å². The predicted octanol–water partition coefficient (Wildman–Crippen LogP) is 4.09. The van der Waals surface area contributed by atoms with Gasteiger partial charge in [0.1, 0.15) is 6.04 Å². The Morgan fingerprint density at radius 2 is 1.76 bits per heavy atom. The van der Waals surface area contributed by atoms with E-state index in [1.54, 1.807) is 0 Å². The van der Waals surface area contributed by atoms with Crippen molar-refractivity contribution in [2.24, 2.45) is 17.1 Å². The molecule has 0 spiro atoms. The van der Waals surface area contributed by atoms with Crippen LogP contribution >= 0.6 is 0 Å². The van der Waals surface area contributed by atoms with Crippen molar-refractivity contribution in [3.8, 4) is 0 Å². The molecule has 116 valence electrons. The van der Waals surface area contributed by atoms with Crippen LogP contribution in [0.4, 0.5) is 0 Å². The molecule has 1 aromatic carbocycles. The Morgan fingerprint density at radius 1 is 1.19 bits per heavy atom. The van der Waals surface area contributed by atoms with Crippen molar-refractivity contribution in [1.82, 2.24) is 0 Å². The Bertz CT molecular complexity index is 496. The van der Waals surface area contributed by atoms with Gasteiger partial charge in [-0.2, -0.15) is 0 Å². The van der Waals surface area contributed by atoms with Crippen LogP contribution in [0.2, 0.25) is 0 Å². The third kappa shape index (κ3) is 3.65. The summed E-state index contributed by atoms with van der Waals surface area (Å²) < 4.78 is 0. The second-order valence-corrected chi connectivity index (χ2v) is 7.36. The summed E-state index contributed by atoms with van der Waals surface area (Å²) in [4.78, 5) is 11.2. The molecular weight excluding hydrogens is 262 g/mol. The molecule has 1 atom stereocenters. The molecule has 1 saturated carbocycles. The van der Waals surface area contributed by atoms with Crippen LogP contribution in [0, 0.1) is 11.3 Å². The third-order valence-corrected chi connectivity index (χ3v) is 4.99. The molecule has 3 nitrogen and oxygen atoms in total. The van der Waals surface area contributed by atoms with Gasteiger partial charge in [-0.05, 0) is 54.1 Å². The van der Waals surface area contributed by atoms with Crippen molar-refractivity contribution in [2.45, 2.75) is 58.4 Å². The summed E-state index contributed by atoms with van der Waals surface area (Å²) in [5, 5.41) is 9.18. The number of carboxylic acids is 1. The van der Waals surface area contributed by atoms with Gasteiger partial charge in [0, 0.05) is 0 Å². The lowest BCUT2D eigenvalue weighted by Crippen LogP contribution is -2.27. The van der Waals surface area contributed by atoms with Crippen LogP contribution in [-0.2, 0) is 4.79 Å². The van der Waals surface area contributed by atoms with Crippen molar-refractivity contribution in [3.05, 3.63) is 35.4 Å². The van der Waals surface area contributed by atoms with Gasteiger partial charge < -0.3 is 10.8 Å². The van der Waals surface area contributed by atoms with Gasteiger partial charge in [-0.3, -0.25) is 4.79 Å². The summed E-state index contributed by atoms with van der Waals surface area (Å²) in [6, 6.07) is 6.87. The molecule has 0 amide bonds. The first kappa shape index (κ1) is 16.0. The average Bonchev–Trinajstić information content (AvgIpc) is 2.45. The fourth-order valence-electron chi connectivity index (χ4n) is 3.57. The molecule has 2 rings (SSSR count). The lowest BCUT2D eigenvalue weighted by atomic mass is 9.68. The van der Waals surface area contributed by atoms with Gasteiger partial charge in [-0.1, -0.05) is 45.0 Å². The first-order valence-electron chi connectivity index (χ1n) is 7.88. The van der Waals surface area contributed by atoms with Crippen molar-refractivity contribution < 1.29 is 9.90 Å². The van der Waals surface area contributed by atoms with Gasteiger partial charge in [-0.15, -0.1) is 0 Å². The summed E-state index contributed by atoms with van der Waals surface area (Å²) in [6.45, 7) is 6.94. The van der Waals surface area contributed by atoms with E-state index in [0.29, 0.717) is 11.3 Å². The fourth-order valence-corrected chi connectivity index (χ4v) is 3.57. The highest BCUT2D eigenvalue weighted by atomic mass is 16.4. The molecule has 1 unspecified atom stereocenters. The molecule has 1 aliphatic rings. The summed E-state index contributed by atoms with van der Waals surface area (Å²) in [7, 11) is 0. The highest BCUT2D eigenvalue weighted by Gasteiger charge is 2.31. The molecule has 21 heavy (non-hydrogen) atoms. The van der Waals surface area contributed by atoms with E-state index in [4.69, 9.17) is 5.73 Å². The summed E-state index contributed by atoms with van der Waals surface area (Å²) in [5.41, 5.74) is 8.13. The molecule has 1 aromatic rings. The van der Waals surface area contributed by atoms with Gasteiger partial charge in [0.15, 0.2) is 0 Å². The molecule has 0 radical (unpaired) electrons. The molecule has 0 saturated heterocycles. The average molecular weight is 289 g/mol. The number of aliphatic carboxylic acids is 1. The first-order valence-corrected chi connectivity index (χ1v) is 7.88. The van der Waals surface area contributed by atoms with Gasteiger partial charge >= 0.3 is 5.97 Å². The lowest BCUT2D eigenvalue weighted by Gasteiger charge is -2.37. The first-order chi connectivity index (χ1) is 9.80. The van der Waals surface area contributed by atoms with E-state index >= 15 is 0 Å². The molecule has 0 bridgehead atoms. The summed E-state index contributed by atoms with van der Waals surface area (Å²) >= 11 is 0. The molecule has 3 N–H and O–H groups in total. The summed E-state index contributed by atoms with van der Waals surface area (Å²) in [5.74, 6) is 0.255. The lowest BCUT2D eigenvalue weighted by molar-refractivity contribution is -0.138. The van der Waals surface area contributed by atoms with Crippen molar-refractivity contribution >= 4 is 5.97 Å². The number of benzene rings is 1. The third-order valence-electron chi connectivity index (χ3n) is 4.99. The van der Waals surface area contributed by atoms with E-state index < -0.39 is 12.0 Å². The van der Waals surface area contributed by atoms with Gasteiger partial charge in [0.05, 0.1) is 0 Å². The minimum Gasteiger partial charge on any atom is -0.480 e. The van der Waals surface area contributed by atoms with Crippen LogP contribution in [0.1, 0.15) is 69.5 Å². The Morgan fingerprint density at radius 3 is 2.29 bits per heavy atom. The minimum absolute atomic E-state index is 0.363. The van der Waals surface area contributed by atoms with Crippen molar-refractivity contribution in [1.29, 1.82) is 0 Å². The molecule has 1 fully saturated rings. The zero-order chi connectivity index (χ0) is 15.6. The molecular formula is C18H27NO2. The molecule has 1 aliphatic carbocycles. The number of hydrogen-bond acceptors (Lipinski definition) is 2. The van der Waals surface area contributed by atoms with E-state index in [0.717, 1.165) is 29.9 Å². The number of nitrogens with two attached hydrogens (primary N) is 1. The SMILES string of the molecule is CC(C)(C)C1CCC(c2ccccc2C(N)C(=O)O)CC1. The van der Waals surface area contributed by atoms with E-state index in [9.17, 15) is 9.90 Å². The predicted molar refractivity (Wildman–Crippen MR) is 85.2 cm³/mol. The van der Waals surface area contributed by atoms with Gasteiger partial charge in [0.2, 0.25) is 0 Å². The van der Waals surface area contributed by atoms with E-state index in [-0.39, 0.29) is 0 Å². The molecule has 0 aromatic heterocycles. The monoisotopic (exact) mass is 289 g/mol. The minimum atomic E-state index is -0.953. The number of rotatable bonds is 3. The Labute approximate surface area is 127 Å². The second-order valence-electron chi connectivity index (χ2n) is 7.36. The molecule has 0 heterocycles. The van der Waals surface area contributed by atoms with E-state index in [1.165, 1.54) is 12.8 Å². The van der Waals surface area contributed by atoms with Crippen LogP contribution in [-0.4, -0.2) is 11.1 Å². The van der Waals surface area contributed by atoms with Crippen molar-refractivity contribution in [3.63, 3.8) is 0 Å². The van der Waals surface area contributed by atoms with Gasteiger partial charge in [-0.25, -0.2) is 0 Å². The zero-order valence-corrected chi connectivity index (χ0v) is 13.3. The Hall–Kier alpha value is -1.35. The summed E-state index contributed by atoms with van der Waals surface area (Å²) in [6.07, 6.45) is 4.69. The zero-order valence-electron chi connectivity index (χ0n) is 13.3. The Kier molecular flexibility index (Phi) is 4.72. The van der Waals surface area contributed by atoms with Crippen LogP contribution in [0.25, 0.3) is 0 Å². The Balaban J connectivity index is 2.16. The van der Waals surface area contributed by atoms with Crippen LogP contribution < -0.4 is 5.73 Å². The number of carboxylic acid groups (broad SMARTS) is 1. The quantitative estimate of drug-likeness (QED) is 0.881.